The lowest BCUT2D eigenvalue weighted by Gasteiger charge is -2.17. The van der Waals surface area contributed by atoms with Crippen LogP contribution >= 0.6 is 27.3 Å². The van der Waals surface area contributed by atoms with Crippen molar-refractivity contribution < 1.29 is 19.4 Å². The molecule has 2 heterocycles. The van der Waals surface area contributed by atoms with Gasteiger partial charge in [-0.15, -0.1) is 11.3 Å². The molecule has 0 aliphatic carbocycles. The van der Waals surface area contributed by atoms with Crippen molar-refractivity contribution in [1.82, 2.24) is 9.97 Å². The van der Waals surface area contributed by atoms with Gasteiger partial charge in [0.1, 0.15) is 11.6 Å². The van der Waals surface area contributed by atoms with E-state index in [9.17, 15) is 4.79 Å². The van der Waals surface area contributed by atoms with Gasteiger partial charge in [-0.3, -0.25) is 4.79 Å². The number of halogens is 1. The number of hydrogen-bond acceptors (Lipinski definition) is 7. The van der Waals surface area contributed by atoms with Crippen molar-refractivity contribution >= 4 is 50.0 Å². The summed E-state index contributed by atoms with van der Waals surface area (Å²) in [4.78, 5) is 21.0. The molecule has 9 heteroatoms. The lowest BCUT2D eigenvalue weighted by molar-refractivity contribution is -0.137. The van der Waals surface area contributed by atoms with E-state index in [2.05, 4.69) is 44.2 Å². The summed E-state index contributed by atoms with van der Waals surface area (Å²) in [5.41, 5.74) is 0.695. The van der Waals surface area contributed by atoms with E-state index in [1.54, 1.807) is 24.5 Å². The molecule has 0 amide bonds. The summed E-state index contributed by atoms with van der Waals surface area (Å²) in [6, 6.07) is 5.70. The minimum absolute atomic E-state index is 0.0522. The van der Waals surface area contributed by atoms with E-state index in [4.69, 9.17) is 14.6 Å². The standard InChI is InChI=1S/C19H20BrN3O4S/c1-10(17-6-12(20)9-28-17)21-19-13-7-15(26-3)16(27-5-4-18(24)25)8-14(13)22-11(2)23-19/h6-10H,4-5H2,1-3H3,(H,24,25)(H,21,22,23)/t10-/m1/s1. The molecule has 148 valence electrons. The van der Waals surface area contributed by atoms with Gasteiger partial charge < -0.3 is 19.9 Å². The van der Waals surface area contributed by atoms with Crippen LogP contribution in [-0.2, 0) is 4.79 Å². The fraction of sp³-hybridized carbons (Fsp3) is 0.316. The maximum atomic E-state index is 10.7. The highest BCUT2D eigenvalue weighted by atomic mass is 79.9. The van der Waals surface area contributed by atoms with E-state index in [1.165, 1.54) is 4.88 Å². The van der Waals surface area contributed by atoms with Crippen LogP contribution in [0, 0.1) is 6.92 Å². The van der Waals surface area contributed by atoms with E-state index in [1.807, 2.05) is 18.4 Å². The number of benzene rings is 1. The van der Waals surface area contributed by atoms with Crippen LogP contribution in [-0.4, -0.2) is 34.8 Å². The zero-order chi connectivity index (χ0) is 20.3. The molecule has 2 N–H and O–H groups in total. The minimum Gasteiger partial charge on any atom is -0.493 e. The summed E-state index contributed by atoms with van der Waals surface area (Å²) in [6.07, 6.45) is -0.0926. The molecule has 0 saturated carbocycles. The molecule has 0 spiro atoms. The fourth-order valence-electron chi connectivity index (χ4n) is 2.71. The lowest BCUT2D eigenvalue weighted by atomic mass is 10.2. The molecule has 0 aliphatic rings. The Labute approximate surface area is 174 Å². The van der Waals surface area contributed by atoms with Crippen LogP contribution in [0.5, 0.6) is 11.5 Å². The van der Waals surface area contributed by atoms with E-state index in [0.29, 0.717) is 28.7 Å². The molecule has 1 atom stereocenters. The number of aryl methyl sites for hydroxylation is 1. The monoisotopic (exact) mass is 465 g/mol. The maximum absolute atomic E-state index is 10.7. The third-order valence-corrected chi connectivity index (χ3v) is 5.91. The van der Waals surface area contributed by atoms with E-state index in [0.717, 1.165) is 9.86 Å². The first-order valence-electron chi connectivity index (χ1n) is 8.59. The number of nitrogens with zero attached hydrogens (tertiary/aromatic N) is 2. The molecule has 3 aromatic rings. The highest BCUT2D eigenvalue weighted by Crippen LogP contribution is 2.36. The van der Waals surface area contributed by atoms with Crippen LogP contribution < -0.4 is 14.8 Å². The van der Waals surface area contributed by atoms with Gasteiger partial charge in [-0.05, 0) is 41.9 Å². The molecule has 0 saturated heterocycles. The summed E-state index contributed by atoms with van der Waals surface area (Å²) in [6.45, 7) is 3.95. The van der Waals surface area contributed by atoms with Crippen LogP contribution in [0.4, 0.5) is 5.82 Å². The molecule has 0 fully saturated rings. The van der Waals surface area contributed by atoms with Crippen molar-refractivity contribution in [1.29, 1.82) is 0 Å². The lowest BCUT2D eigenvalue weighted by Crippen LogP contribution is -2.09. The van der Waals surface area contributed by atoms with Crippen LogP contribution in [0.15, 0.2) is 28.1 Å². The zero-order valence-electron chi connectivity index (χ0n) is 15.7. The topological polar surface area (TPSA) is 93.6 Å². The molecule has 0 unspecified atom stereocenters. The van der Waals surface area contributed by atoms with Crippen LogP contribution in [0.2, 0.25) is 0 Å². The summed E-state index contributed by atoms with van der Waals surface area (Å²) in [5.74, 6) is 1.36. The summed E-state index contributed by atoms with van der Waals surface area (Å²) in [7, 11) is 1.54. The number of hydrogen-bond donors (Lipinski definition) is 2. The largest absolute Gasteiger partial charge is 0.493 e. The normalized spacial score (nSPS) is 12.0. The van der Waals surface area contributed by atoms with Gasteiger partial charge >= 0.3 is 5.97 Å². The first kappa shape index (κ1) is 20.3. The molecule has 28 heavy (non-hydrogen) atoms. The van der Waals surface area contributed by atoms with Crippen molar-refractivity contribution in [3.05, 3.63) is 38.8 Å². The fourth-order valence-corrected chi connectivity index (χ4v) is 4.17. The Bertz CT molecular complexity index is 1010. The number of ether oxygens (including phenoxy) is 2. The SMILES string of the molecule is COc1cc2c(N[C@H](C)c3cc(Br)cs3)nc(C)nc2cc1OCCC(=O)O. The number of nitrogens with one attached hydrogen (secondary N) is 1. The predicted octanol–water partition coefficient (Wildman–Crippen LogP) is 4.80. The van der Waals surface area contributed by atoms with Gasteiger partial charge in [0.2, 0.25) is 0 Å². The molecular formula is C19H20BrN3O4S. The third-order valence-electron chi connectivity index (χ3n) is 4.03. The first-order chi connectivity index (χ1) is 13.4. The molecule has 0 aliphatic heterocycles. The summed E-state index contributed by atoms with van der Waals surface area (Å²) < 4.78 is 12.1. The Balaban J connectivity index is 1.95. The Hall–Kier alpha value is -2.39. The number of methoxy groups -OCH3 is 1. The molecule has 2 aromatic heterocycles. The number of carbonyl (C=O) groups is 1. The Kier molecular flexibility index (Phi) is 6.35. The third kappa shape index (κ3) is 4.71. The minimum atomic E-state index is -0.918. The van der Waals surface area contributed by atoms with Crippen LogP contribution in [0.1, 0.15) is 30.1 Å². The molecule has 7 nitrogen and oxygen atoms in total. The van der Waals surface area contributed by atoms with Gasteiger partial charge in [0.25, 0.3) is 0 Å². The number of anilines is 1. The number of aliphatic carboxylic acids is 1. The van der Waals surface area contributed by atoms with E-state index >= 15 is 0 Å². The second kappa shape index (κ2) is 8.74. The molecular weight excluding hydrogens is 446 g/mol. The Morgan fingerprint density at radius 3 is 2.75 bits per heavy atom. The van der Waals surface area contributed by atoms with E-state index < -0.39 is 5.97 Å². The highest BCUT2D eigenvalue weighted by Gasteiger charge is 2.16. The average molecular weight is 466 g/mol. The van der Waals surface area contributed by atoms with Gasteiger partial charge in [-0.2, -0.15) is 0 Å². The Morgan fingerprint density at radius 1 is 1.32 bits per heavy atom. The van der Waals surface area contributed by atoms with Crippen molar-refractivity contribution in [2.45, 2.75) is 26.3 Å². The average Bonchev–Trinajstić information content (AvgIpc) is 3.07. The van der Waals surface area contributed by atoms with Crippen molar-refractivity contribution in [2.75, 3.05) is 19.0 Å². The smallest absolute Gasteiger partial charge is 0.306 e. The van der Waals surface area contributed by atoms with Gasteiger partial charge in [0.05, 0.1) is 31.7 Å². The molecule has 3 rings (SSSR count). The number of rotatable bonds is 8. The second-order valence-corrected chi connectivity index (χ2v) is 8.02. The highest BCUT2D eigenvalue weighted by molar-refractivity contribution is 9.10. The summed E-state index contributed by atoms with van der Waals surface area (Å²) >= 11 is 5.15. The number of aromatic nitrogens is 2. The maximum Gasteiger partial charge on any atom is 0.306 e. The van der Waals surface area contributed by atoms with Gasteiger partial charge in [0.15, 0.2) is 11.5 Å². The number of fused-ring (bicyclic) bond motifs is 1. The quantitative estimate of drug-likeness (QED) is 0.493. The van der Waals surface area contributed by atoms with Crippen molar-refractivity contribution in [2.24, 2.45) is 0 Å². The number of carboxylic acid groups (broad SMARTS) is 1. The van der Waals surface area contributed by atoms with Gasteiger partial charge in [-0.1, -0.05) is 0 Å². The number of carboxylic acids is 1. The van der Waals surface area contributed by atoms with Crippen LogP contribution in [0.3, 0.4) is 0 Å². The second-order valence-electron chi connectivity index (χ2n) is 6.17. The molecule has 1 aromatic carbocycles. The first-order valence-corrected chi connectivity index (χ1v) is 10.3. The van der Waals surface area contributed by atoms with Crippen LogP contribution in [0.25, 0.3) is 10.9 Å². The summed E-state index contributed by atoms with van der Waals surface area (Å²) in [5, 5.41) is 15.1. The van der Waals surface area contributed by atoms with Crippen molar-refractivity contribution in [3.8, 4) is 11.5 Å². The Morgan fingerprint density at radius 2 is 2.11 bits per heavy atom. The molecule has 0 radical (unpaired) electrons. The van der Waals surface area contributed by atoms with Gasteiger partial charge in [-0.25, -0.2) is 9.97 Å². The molecule has 0 bridgehead atoms. The van der Waals surface area contributed by atoms with Crippen molar-refractivity contribution in [3.63, 3.8) is 0 Å². The van der Waals surface area contributed by atoms with E-state index in [-0.39, 0.29) is 19.1 Å². The zero-order valence-corrected chi connectivity index (χ0v) is 18.1. The van der Waals surface area contributed by atoms with Gasteiger partial charge in [0, 0.05) is 26.2 Å². The predicted molar refractivity (Wildman–Crippen MR) is 113 cm³/mol. The number of thiophene rings is 1.